The molecular formula is C18H20. The second-order valence-corrected chi connectivity index (χ2v) is 4.69. The fourth-order valence-corrected chi connectivity index (χ4v) is 2.31. The molecule has 18 heavy (non-hydrogen) atoms. The average Bonchev–Trinajstić information content (AvgIpc) is 2.46. The first-order chi connectivity index (χ1) is 8.81. The molecule has 0 radical (unpaired) electrons. The van der Waals surface area contributed by atoms with Crippen LogP contribution in [0.5, 0.6) is 0 Å². The quantitative estimate of drug-likeness (QED) is 0.662. The summed E-state index contributed by atoms with van der Waals surface area (Å²) < 4.78 is 0. The highest BCUT2D eigenvalue weighted by atomic mass is 14.2. The van der Waals surface area contributed by atoms with Crippen molar-refractivity contribution < 1.29 is 0 Å². The Morgan fingerprint density at radius 2 is 1.50 bits per heavy atom. The van der Waals surface area contributed by atoms with Crippen molar-refractivity contribution >= 4 is 5.57 Å². The molecule has 2 rings (SSSR count). The minimum Gasteiger partial charge on any atom is -0.0952 e. The van der Waals surface area contributed by atoms with Gasteiger partial charge in [0.25, 0.3) is 0 Å². The summed E-state index contributed by atoms with van der Waals surface area (Å²) in [5, 5.41) is 0. The van der Waals surface area contributed by atoms with E-state index in [9.17, 15) is 0 Å². The lowest BCUT2D eigenvalue weighted by Crippen LogP contribution is -1.98. The molecule has 2 aromatic rings. The first-order valence-electron chi connectivity index (χ1n) is 6.59. The van der Waals surface area contributed by atoms with Crippen molar-refractivity contribution in [2.45, 2.75) is 25.7 Å². The molecule has 0 spiro atoms. The van der Waals surface area contributed by atoms with E-state index in [2.05, 4.69) is 68.1 Å². The van der Waals surface area contributed by atoms with Crippen LogP contribution < -0.4 is 0 Å². The Bertz CT molecular complexity index is 482. The van der Waals surface area contributed by atoms with Gasteiger partial charge in [0.1, 0.15) is 0 Å². The predicted molar refractivity (Wildman–Crippen MR) is 79.6 cm³/mol. The summed E-state index contributed by atoms with van der Waals surface area (Å²) in [6.45, 7) is 6.48. The molecule has 0 heteroatoms. The van der Waals surface area contributed by atoms with E-state index in [1.807, 2.05) is 6.07 Å². The zero-order chi connectivity index (χ0) is 12.8. The largest absolute Gasteiger partial charge is 0.0952 e. The summed E-state index contributed by atoms with van der Waals surface area (Å²) in [5.74, 6) is 0.568. The summed E-state index contributed by atoms with van der Waals surface area (Å²) >= 11 is 0. The minimum atomic E-state index is 0.568. The van der Waals surface area contributed by atoms with Gasteiger partial charge in [-0.3, -0.25) is 0 Å². The van der Waals surface area contributed by atoms with E-state index in [-0.39, 0.29) is 0 Å². The molecule has 0 aliphatic heterocycles. The number of rotatable bonds is 5. The zero-order valence-corrected chi connectivity index (χ0v) is 11.0. The van der Waals surface area contributed by atoms with E-state index in [1.54, 1.807) is 0 Å². The first kappa shape index (κ1) is 12.6. The Morgan fingerprint density at radius 1 is 0.944 bits per heavy atom. The van der Waals surface area contributed by atoms with Crippen molar-refractivity contribution in [1.82, 2.24) is 0 Å². The van der Waals surface area contributed by atoms with Crippen LogP contribution in [0.4, 0.5) is 0 Å². The molecule has 0 saturated heterocycles. The van der Waals surface area contributed by atoms with Gasteiger partial charge in [-0.1, -0.05) is 74.2 Å². The van der Waals surface area contributed by atoms with Gasteiger partial charge in [-0.2, -0.15) is 0 Å². The van der Waals surface area contributed by atoms with Crippen LogP contribution in [0.1, 0.15) is 36.8 Å². The van der Waals surface area contributed by atoms with Crippen molar-refractivity contribution in [3.05, 3.63) is 78.4 Å². The minimum absolute atomic E-state index is 0.568. The molecule has 0 fully saturated rings. The lowest BCUT2D eigenvalue weighted by molar-refractivity contribution is 0.683. The third-order valence-corrected chi connectivity index (χ3v) is 3.44. The number of allylic oxidation sites excluding steroid dienone is 1. The SMILES string of the molecule is C=C(CC(CC)c1ccccc1)c1ccccc1. The summed E-state index contributed by atoms with van der Waals surface area (Å²) in [6, 6.07) is 21.2. The molecule has 92 valence electrons. The predicted octanol–water partition coefficient (Wildman–Crippen LogP) is 5.28. The van der Waals surface area contributed by atoms with Gasteiger partial charge in [0.05, 0.1) is 0 Å². The summed E-state index contributed by atoms with van der Waals surface area (Å²) in [5.41, 5.74) is 3.90. The van der Waals surface area contributed by atoms with E-state index in [1.165, 1.54) is 16.7 Å². The molecule has 0 aromatic heterocycles. The summed E-state index contributed by atoms with van der Waals surface area (Å²) in [4.78, 5) is 0. The molecule has 2 aromatic carbocycles. The third-order valence-electron chi connectivity index (χ3n) is 3.44. The van der Waals surface area contributed by atoms with Gasteiger partial charge >= 0.3 is 0 Å². The maximum absolute atomic E-state index is 4.24. The zero-order valence-electron chi connectivity index (χ0n) is 11.0. The molecule has 0 saturated carbocycles. The van der Waals surface area contributed by atoms with Gasteiger partial charge in [0.2, 0.25) is 0 Å². The Balaban J connectivity index is 2.10. The molecule has 1 unspecified atom stereocenters. The van der Waals surface area contributed by atoms with Crippen molar-refractivity contribution in [2.24, 2.45) is 0 Å². The van der Waals surface area contributed by atoms with E-state index in [4.69, 9.17) is 0 Å². The maximum atomic E-state index is 4.24. The Morgan fingerprint density at radius 3 is 2.06 bits per heavy atom. The molecule has 1 atom stereocenters. The molecule has 0 heterocycles. The highest BCUT2D eigenvalue weighted by Crippen LogP contribution is 2.30. The monoisotopic (exact) mass is 236 g/mol. The summed E-state index contributed by atoms with van der Waals surface area (Å²) in [7, 11) is 0. The maximum Gasteiger partial charge on any atom is -0.0124 e. The highest BCUT2D eigenvalue weighted by Gasteiger charge is 2.11. The highest BCUT2D eigenvalue weighted by molar-refractivity contribution is 5.63. The topological polar surface area (TPSA) is 0 Å². The van der Waals surface area contributed by atoms with Crippen LogP contribution >= 0.6 is 0 Å². The van der Waals surface area contributed by atoms with Gasteiger partial charge in [0, 0.05) is 0 Å². The van der Waals surface area contributed by atoms with E-state index in [0.717, 1.165) is 12.8 Å². The second kappa shape index (κ2) is 6.20. The van der Waals surface area contributed by atoms with E-state index >= 15 is 0 Å². The molecule has 0 aliphatic carbocycles. The Labute approximate surface area is 110 Å². The van der Waals surface area contributed by atoms with Gasteiger partial charge in [-0.15, -0.1) is 0 Å². The number of hydrogen-bond acceptors (Lipinski definition) is 0. The van der Waals surface area contributed by atoms with Crippen LogP contribution in [0.2, 0.25) is 0 Å². The third kappa shape index (κ3) is 3.10. The number of benzene rings is 2. The smallest absolute Gasteiger partial charge is 0.0124 e. The molecule has 0 amide bonds. The summed E-state index contributed by atoms with van der Waals surface area (Å²) in [6.07, 6.45) is 2.18. The van der Waals surface area contributed by atoms with E-state index in [0.29, 0.717) is 5.92 Å². The molecule has 0 nitrogen and oxygen atoms in total. The molecule has 0 N–H and O–H groups in total. The van der Waals surface area contributed by atoms with Crippen molar-refractivity contribution in [2.75, 3.05) is 0 Å². The lowest BCUT2D eigenvalue weighted by atomic mass is 9.88. The van der Waals surface area contributed by atoms with Crippen LogP contribution in [0.25, 0.3) is 5.57 Å². The fraction of sp³-hybridized carbons (Fsp3) is 0.222. The molecular weight excluding hydrogens is 216 g/mol. The van der Waals surface area contributed by atoms with Gasteiger partial charge in [0.15, 0.2) is 0 Å². The van der Waals surface area contributed by atoms with Crippen molar-refractivity contribution in [1.29, 1.82) is 0 Å². The molecule has 0 aliphatic rings. The van der Waals surface area contributed by atoms with E-state index < -0.39 is 0 Å². The molecule has 0 bridgehead atoms. The van der Waals surface area contributed by atoms with Crippen LogP contribution in [-0.4, -0.2) is 0 Å². The lowest BCUT2D eigenvalue weighted by Gasteiger charge is -2.17. The second-order valence-electron chi connectivity index (χ2n) is 4.69. The standard InChI is InChI=1S/C18H20/c1-3-16(18-12-8-5-9-13-18)14-15(2)17-10-6-4-7-11-17/h4-13,16H,2-3,14H2,1H3. The van der Waals surface area contributed by atoms with Crippen LogP contribution in [-0.2, 0) is 0 Å². The normalized spacial score (nSPS) is 12.1. The van der Waals surface area contributed by atoms with Gasteiger partial charge in [-0.05, 0) is 35.5 Å². The van der Waals surface area contributed by atoms with Crippen molar-refractivity contribution in [3.63, 3.8) is 0 Å². The first-order valence-corrected chi connectivity index (χ1v) is 6.59. The van der Waals surface area contributed by atoms with Crippen LogP contribution in [0.3, 0.4) is 0 Å². The van der Waals surface area contributed by atoms with Gasteiger partial charge < -0.3 is 0 Å². The van der Waals surface area contributed by atoms with Crippen LogP contribution in [0, 0.1) is 0 Å². The van der Waals surface area contributed by atoms with Crippen LogP contribution in [0.15, 0.2) is 67.2 Å². The number of hydrogen-bond donors (Lipinski definition) is 0. The Hall–Kier alpha value is -1.82. The Kier molecular flexibility index (Phi) is 4.35. The van der Waals surface area contributed by atoms with Crippen molar-refractivity contribution in [3.8, 4) is 0 Å². The fourth-order valence-electron chi connectivity index (χ4n) is 2.31. The van der Waals surface area contributed by atoms with Gasteiger partial charge in [-0.25, -0.2) is 0 Å². The average molecular weight is 236 g/mol.